The van der Waals surface area contributed by atoms with E-state index in [1.807, 2.05) is 68.4 Å². The summed E-state index contributed by atoms with van der Waals surface area (Å²) in [7, 11) is 0. The van der Waals surface area contributed by atoms with E-state index in [4.69, 9.17) is 9.15 Å². The number of ether oxygens (including phenoxy) is 1. The van der Waals surface area contributed by atoms with Crippen molar-refractivity contribution in [1.29, 1.82) is 0 Å². The molecule has 152 valence electrons. The molecule has 0 radical (unpaired) electrons. The number of aryl methyl sites for hydroxylation is 2. The van der Waals surface area contributed by atoms with Gasteiger partial charge in [0.2, 0.25) is 5.88 Å². The fourth-order valence-corrected chi connectivity index (χ4v) is 3.33. The smallest absolute Gasteiger partial charge is 0.300 e. The monoisotopic (exact) mass is 409 g/mol. The lowest BCUT2D eigenvalue weighted by atomic mass is 10.2. The van der Waals surface area contributed by atoms with Gasteiger partial charge in [-0.25, -0.2) is 15.0 Å². The zero-order valence-electron chi connectivity index (χ0n) is 17.0. The lowest BCUT2D eigenvalue weighted by Gasteiger charge is -2.12. The maximum absolute atomic E-state index is 6.13. The molecule has 0 amide bonds. The van der Waals surface area contributed by atoms with Crippen molar-refractivity contribution in [3.63, 3.8) is 0 Å². The van der Waals surface area contributed by atoms with Crippen LogP contribution in [0.25, 0.3) is 22.4 Å². The number of oxazole rings is 1. The average molecular weight is 409 g/mol. The minimum Gasteiger partial charge on any atom is -0.438 e. The molecule has 0 saturated heterocycles. The van der Waals surface area contributed by atoms with E-state index < -0.39 is 0 Å². The average Bonchev–Trinajstić information content (AvgIpc) is 3.20. The lowest BCUT2D eigenvalue weighted by molar-refractivity contribution is 0.461. The van der Waals surface area contributed by atoms with E-state index in [1.54, 1.807) is 12.4 Å². The molecule has 31 heavy (non-hydrogen) atoms. The number of nitrogens with one attached hydrogen (secondary N) is 1. The lowest BCUT2D eigenvalue weighted by Crippen LogP contribution is -1.96. The van der Waals surface area contributed by atoms with Crippen LogP contribution in [-0.4, -0.2) is 19.9 Å². The van der Waals surface area contributed by atoms with E-state index in [0.717, 1.165) is 39.2 Å². The summed E-state index contributed by atoms with van der Waals surface area (Å²) >= 11 is 0. The summed E-state index contributed by atoms with van der Waals surface area (Å²) in [6.45, 7) is 3.99. The second kappa shape index (κ2) is 7.87. The number of aromatic nitrogens is 4. The van der Waals surface area contributed by atoms with E-state index in [9.17, 15) is 0 Å². The Balaban J connectivity index is 1.40. The fraction of sp³-hybridized carbons (Fsp3) is 0.0833. The molecule has 0 atom stereocenters. The molecule has 0 bridgehead atoms. The first-order valence-corrected chi connectivity index (χ1v) is 9.80. The van der Waals surface area contributed by atoms with Crippen molar-refractivity contribution in [2.75, 3.05) is 5.32 Å². The zero-order chi connectivity index (χ0) is 21.2. The van der Waals surface area contributed by atoms with Crippen LogP contribution < -0.4 is 10.1 Å². The number of benzene rings is 2. The Labute approximate surface area is 178 Å². The highest BCUT2D eigenvalue weighted by atomic mass is 16.5. The molecule has 0 aliphatic heterocycles. The highest BCUT2D eigenvalue weighted by Gasteiger charge is 2.12. The predicted octanol–water partition coefficient (Wildman–Crippen LogP) is 5.83. The first-order chi connectivity index (χ1) is 15.2. The van der Waals surface area contributed by atoms with E-state index in [-0.39, 0.29) is 0 Å². The van der Waals surface area contributed by atoms with Crippen molar-refractivity contribution in [3.05, 3.63) is 84.4 Å². The quantitative estimate of drug-likeness (QED) is 0.391. The van der Waals surface area contributed by atoms with Gasteiger partial charge in [0.25, 0.3) is 6.01 Å². The normalized spacial score (nSPS) is 10.9. The third-order valence-electron chi connectivity index (χ3n) is 4.88. The number of anilines is 2. The van der Waals surface area contributed by atoms with Gasteiger partial charge in [-0.2, -0.15) is 4.98 Å². The summed E-state index contributed by atoms with van der Waals surface area (Å²) in [5, 5.41) is 3.22. The molecule has 3 heterocycles. The first-order valence-electron chi connectivity index (χ1n) is 9.80. The van der Waals surface area contributed by atoms with Crippen molar-refractivity contribution in [3.8, 4) is 22.9 Å². The summed E-state index contributed by atoms with van der Waals surface area (Å²) in [5.41, 5.74) is 6.03. The molecular weight excluding hydrogens is 390 g/mol. The Morgan fingerprint density at radius 2 is 1.84 bits per heavy atom. The molecule has 7 heteroatoms. The number of fused-ring (bicyclic) bond motifs is 1. The van der Waals surface area contributed by atoms with Crippen LogP contribution in [-0.2, 0) is 0 Å². The molecule has 3 aromatic heterocycles. The molecule has 0 aliphatic rings. The molecule has 0 saturated carbocycles. The molecule has 0 spiro atoms. The molecule has 0 unspecified atom stereocenters. The number of rotatable bonds is 5. The zero-order valence-corrected chi connectivity index (χ0v) is 17.0. The number of pyridine rings is 1. The van der Waals surface area contributed by atoms with Crippen LogP contribution in [0, 0.1) is 13.8 Å². The highest BCUT2D eigenvalue weighted by Crippen LogP contribution is 2.33. The number of hydrogen-bond acceptors (Lipinski definition) is 7. The van der Waals surface area contributed by atoms with Crippen molar-refractivity contribution in [2.45, 2.75) is 13.8 Å². The second-order valence-corrected chi connectivity index (χ2v) is 7.10. The second-order valence-electron chi connectivity index (χ2n) is 7.10. The molecule has 1 N–H and O–H groups in total. The van der Waals surface area contributed by atoms with Crippen LogP contribution in [0.2, 0.25) is 0 Å². The SMILES string of the molecule is Cc1cc(Nc2nc3c(C)cccc3o2)ccc1Oc1ncccc1-c1ccncn1. The number of para-hydroxylation sites is 1. The van der Waals surface area contributed by atoms with Gasteiger partial charge in [-0.15, -0.1) is 0 Å². The van der Waals surface area contributed by atoms with Crippen molar-refractivity contribution >= 4 is 22.8 Å². The van der Waals surface area contributed by atoms with Gasteiger partial charge in [0, 0.05) is 18.1 Å². The van der Waals surface area contributed by atoms with Crippen LogP contribution in [0.5, 0.6) is 11.6 Å². The van der Waals surface area contributed by atoms with Crippen LogP contribution in [0.4, 0.5) is 11.7 Å². The molecule has 5 rings (SSSR count). The van der Waals surface area contributed by atoms with E-state index in [2.05, 4.69) is 25.3 Å². The fourth-order valence-electron chi connectivity index (χ4n) is 3.33. The summed E-state index contributed by atoms with van der Waals surface area (Å²) in [6, 6.07) is 17.7. The first kappa shape index (κ1) is 18.7. The Kier molecular flexibility index (Phi) is 4.76. The van der Waals surface area contributed by atoms with Gasteiger partial charge in [-0.1, -0.05) is 12.1 Å². The Morgan fingerprint density at radius 3 is 2.65 bits per heavy atom. The minimum absolute atomic E-state index is 0.452. The number of nitrogens with zero attached hydrogens (tertiary/aromatic N) is 4. The summed E-state index contributed by atoms with van der Waals surface area (Å²) < 4.78 is 11.9. The summed E-state index contributed by atoms with van der Waals surface area (Å²) in [4.78, 5) is 17.2. The van der Waals surface area contributed by atoms with Crippen LogP contribution in [0.1, 0.15) is 11.1 Å². The molecule has 2 aromatic carbocycles. The van der Waals surface area contributed by atoms with Gasteiger partial charge in [-0.05, 0) is 67.4 Å². The Bertz CT molecular complexity index is 1370. The molecule has 7 nitrogen and oxygen atoms in total. The minimum atomic E-state index is 0.452. The highest BCUT2D eigenvalue weighted by molar-refractivity contribution is 5.78. The third kappa shape index (κ3) is 3.81. The van der Waals surface area contributed by atoms with Crippen molar-refractivity contribution < 1.29 is 9.15 Å². The van der Waals surface area contributed by atoms with Gasteiger partial charge in [0.15, 0.2) is 5.58 Å². The topological polar surface area (TPSA) is 86.0 Å². The van der Waals surface area contributed by atoms with Crippen molar-refractivity contribution in [2.24, 2.45) is 0 Å². The van der Waals surface area contributed by atoms with Gasteiger partial charge in [-0.3, -0.25) is 0 Å². The van der Waals surface area contributed by atoms with Gasteiger partial charge in [0.05, 0.1) is 11.3 Å². The van der Waals surface area contributed by atoms with E-state index in [1.165, 1.54) is 6.33 Å². The standard InChI is InChI=1S/C24H19N5O2/c1-15-5-3-7-21-22(15)29-24(31-21)28-17-8-9-20(16(2)13-17)30-23-18(6-4-11-26-23)19-10-12-25-14-27-19/h3-14H,1-2H3,(H,28,29). The predicted molar refractivity (Wildman–Crippen MR) is 119 cm³/mol. The summed E-state index contributed by atoms with van der Waals surface area (Å²) in [5.74, 6) is 1.19. The maximum atomic E-state index is 6.13. The third-order valence-corrected chi connectivity index (χ3v) is 4.88. The van der Waals surface area contributed by atoms with Crippen molar-refractivity contribution in [1.82, 2.24) is 19.9 Å². The Morgan fingerprint density at radius 1 is 0.903 bits per heavy atom. The van der Waals surface area contributed by atoms with E-state index >= 15 is 0 Å². The van der Waals surface area contributed by atoms with Gasteiger partial charge in [0.1, 0.15) is 17.6 Å². The maximum Gasteiger partial charge on any atom is 0.300 e. The summed E-state index contributed by atoms with van der Waals surface area (Å²) in [6.07, 6.45) is 4.89. The van der Waals surface area contributed by atoms with Crippen LogP contribution in [0.15, 0.2) is 77.7 Å². The van der Waals surface area contributed by atoms with Gasteiger partial charge >= 0.3 is 0 Å². The number of hydrogen-bond donors (Lipinski definition) is 1. The molecule has 0 fully saturated rings. The van der Waals surface area contributed by atoms with E-state index in [0.29, 0.717) is 17.6 Å². The molecule has 0 aliphatic carbocycles. The largest absolute Gasteiger partial charge is 0.438 e. The van der Waals surface area contributed by atoms with Gasteiger partial charge < -0.3 is 14.5 Å². The molecule has 5 aromatic rings. The Hall–Kier alpha value is -4.26. The van der Waals surface area contributed by atoms with Crippen LogP contribution >= 0.6 is 0 Å². The van der Waals surface area contributed by atoms with Crippen LogP contribution in [0.3, 0.4) is 0 Å². The molecular formula is C24H19N5O2.